The molecule has 0 spiro atoms. The van der Waals surface area contributed by atoms with Gasteiger partial charge in [0.1, 0.15) is 6.61 Å². The molecular weight excluding hydrogens is 278 g/mol. The lowest BCUT2D eigenvalue weighted by molar-refractivity contribution is -0.124. The number of benzene rings is 1. The molecule has 3 atom stereocenters. The first-order valence-corrected chi connectivity index (χ1v) is 7.74. The summed E-state index contributed by atoms with van der Waals surface area (Å²) in [5, 5.41) is 0. The first-order chi connectivity index (χ1) is 10.6. The Balaban J connectivity index is 1.62. The van der Waals surface area contributed by atoms with Crippen LogP contribution in [0.5, 0.6) is 0 Å². The number of ether oxygens (including phenoxy) is 1. The predicted molar refractivity (Wildman–Crippen MR) is 83.2 cm³/mol. The van der Waals surface area contributed by atoms with Crippen LogP contribution in [0.3, 0.4) is 0 Å². The summed E-state index contributed by atoms with van der Waals surface area (Å²) in [4.78, 5) is 26.3. The third-order valence-corrected chi connectivity index (χ3v) is 4.50. The first kappa shape index (κ1) is 14.8. The molecule has 22 heavy (non-hydrogen) atoms. The van der Waals surface area contributed by atoms with E-state index in [1.807, 2.05) is 30.3 Å². The van der Waals surface area contributed by atoms with Crippen LogP contribution < -0.4 is 0 Å². The molecule has 1 saturated carbocycles. The van der Waals surface area contributed by atoms with E-state index in [-0.39, 0.29) is 24.3 Å². The Bertz CT molecular complexity index is 596. The minimum Gasteiger partial charge on any atom is -0.445 e. The number of carbonyl (C=O) groups is 2. The summed E-state index contributed by atoms with van der Waals surface area (Å²) in [5.41, 5.74) is 1.86. The van der Waals surface area contributed by atoms with E-state index in [1.54, 1.807) is 4.90 Å². The van der Waals surface area contributed by atoms with E-state index in [0.717, 1.165) is 17.6 Å². The van der Waals surface area contributed by atoms with E-state index in [9.17, 15) is 9.59 Å². The van der Waals surface area contributed by atoms with Crippen LogP contribution in [0.15, 0.2) is 42.5 Å². The Morgan fingerprint density at radius 2 is 2.00 bits per heavy atom. The minimum atomic E-state index is -0.422. The lowest BCUT2D eigenvalue weighted by Crippen LogP contribution is -2.41. The van der Waals surface area contributed by atoms with Gasteiger partial charge >= 0.3 is 6.09 Å². The third kappa shape index (κ3) is 3.06. The van der Waals surface area contributed by atoms with Gasteiger partial charge in [0.2, 0.25) is 0 Å². The van der Waals surface area contributed by atoms with Gasteiger partial charge in [-0.2, -0.15) is 0 Å². The number of nitrogens with zero attached hydrogens (tertiary/aromatic N) is 1. The van der Waals surface area contributed by atoms with E-state index in [0.29, 0.717) is 18.9 Å². The van der Waals surface area contributed by atoms with Crippen molar-refractivity contribution in [2.45, 2.75) is 32.4 Å². The van der Waals surface area contributed by atoms with Gasteiger partial charge in [0.15, 0.2) is 5.78 Å². The summed E-state index contributed by atoms with van der Waals surface area (Å²) in [7, 11) is 0. The van der Waals surface area contributed by atoms with Gasteiger partial charge in [0.25, 0.3) is 0 Å². The summed E-state index contributed by atoms with van der Waals surface area (Å²) in [6.07, 6.45) is 1.09. The van der Waals surface area contributed by atoms with Gasteiger partial charge in [-0.15, -0.1) is 0 Å². The Morgan fingerprint density at radius 3 is 2.64 bits per heavy atom. The number of rotatable bonds is 4. The number of carbonyl (C=O) groups excluding carboxylic acids is 2. The number of ketones is 1. The second kappa shape index (κ2) is 5.95. The molecule has 2 fully saturated rings. The van der Waals surface area contributed by atoms with Gasteiger partial charge in [-0.1, -0.05) is 49.4 Å². The van der Waals surface area contributed by atoms with Crippen LogP contribution in [0.25, 0.3) is 0 Å². The van der Waals surface area contributed by atoms with Crippen molar-refractivity contribution >= 4 is 11.9 Å². The maximum atomic E-state index is 12.5. The Morgan fingerprint density at radius 1 is 1.32 bits per heavy atom. The van der Waals surface area contributed by atoms with Crippen LogP contribution in [0.1, 0.15) is 25.3 Å². The summed E-state index contributed by atoms with van der Waals surface area (Å²) in [6.45, 7) is 6.66. The summed E-state index contributed by atoms with van der Waals surface area (Å²) in [5.74, 6) is 0.728. The van der Waals surface area contributed by atoms with Gasteiger partial charge in [-0.05, 0) is 24.3 Å². The van der Waals surface area contributed by atoms with E-state index in [2.05, 4.69) is 13.5 Å². The van der Waals surface area contributed by atoms with Crippen molar-refractivity contribution in [1.29, 1.82) is 0 Å². The topological polar surface area (TPSA) is 46.6 Å². The zero-order chi connectivity index (χ0) is 15.7. The van der Waals surface area contributed by atoms with Crippen molar-refractivity contribution in [2.75, 3.05) is 6.54 Å². The van der Waals surface area contributed by atoms with Crippen molar-refractivity contribution in [3.8, 4) is 0 Å². The SMILES string of the molecule is C=C1C[C@@H](C(=O)C2C[C@@H]2C)N(C(=O)OCc2ccccc2)C1. The fraction of sp³-hybridized carbons (Fsp3) is 0.444. The highest BCUT2D eigenvalue weighted by Crippen LogP contribution is 2.41. The van der Waals surface area contributed by atoms with Crippen molar-refractivity contribution in [3.63, 3.8) is 0 Å². The quantitative estimate of drug-likeness (QED) is 0.802. The van der Waals surface area contributed by atoms with Crippen molar-refractivity contribution in [3.05, 3.63) is 48.0 Å². The molecule has 4 nitrogen and oxygen atoms in total. The van der Waals surface area contributed by atoms with Crippen LogP contribution in [-0.4, -0.2) is 29.4 Å². The van der Waals surface area contributed by atoms with Gasteiger partial charge in [0, 0.05) is 12.5 Å². The first-order valence-electron chi connectivity index (χ1n) is 7.74. The molecule has 0 bridgehead atoms. The number of Topliss-reactive ketones (excluding diaryl/α,β-unsaturated/α-hetero) is 1. The standard InChI is InChI=1S/C18H21NO3/c1-12-8-16(17(20)15-9-13(15)2)19(10-12)18(21)22-11-14-6-4-3-5-7-14/h3-7,13,15-16H,1,8-11H2,2H3/t13-,15?,16-/m0/s1. The summed E-state index contributed by atoms with van der Waals surface area (Å²) >= 11 is 0. The number of amides is 1. The molecule has 1 aliphatic heterocycles. The maximum absolute atomic E-state index is 12.5. The number of likely N-dealkylation sites (tertiary alicyclic amines) is 1. The fourth-order valence-corrected chi connectivity index (χ4v) is 3.01. The second-order valence-corrected chi connectivity index (χ2v) is 6.36. The molecule has 1 amide bonds. The van der Waals surface area contributed by atoms with Crippen LogP contribution >= 0.6 is 0 Å². The zero-order valence-electron chi connectivity index (χ0n) is 12.8. The van der Waals surface area contributed by atoms with Crippen molar-refractivity contribution in [2.24, 2.45) is 11.8 Å². The van der Waals surface area contributed by atoms with Crippen LogP contribution in [0.4, 0.5) is 4.79 Å². The molecule has 3 rings (SSSR count). The molecule has 2 aliphatic rings. The van der Waals surface area contributed by atoms with E-state index < -0.39 is 6.09 Å². The minimum absolute atomic E-state index is 0.111. The highest BCUT2D eigenvalue weighted by atomic mass is 16.6. The maximum Gasteiger partial charge on any atom is 0.411 e. The molecule has 0 N–H and O–H groups in total. The van der Waals surface area contributed by atoms with Gasteiger partial charge < -0.3 is 4.74 Å². The molecule has 1 aromatic rings. The number of hydrogen-bond acceptors (Lipinski definition) is 3. The third-order valence-electron chi connectivity index (χ3n) is 4.50. The zero-order valence-corrected chi connectivity index (χ0v) is 12.8. The van der Waals surface area contributed by atoms with E-state index >= 15 is 0 Å². The number of hydrogen-bond donors (Lipinski definition) is 0. The molecule has 1 aliphatic carbocycles. The van der Waals surface area contributed by atoms with Gasteiger partial charge in [-0.25, -0.2) is 4.79 Å². The molecule has 0 radical (unpaired) electrons. The largest absolute Gasteiger partial charge is 0.445 e. The van der Waals surface area contributed by atoms with Gasteiger partial charge in [-0.3, -0.25) is 9.69 Å². The molecule has 0 aromatic heterocycles. The molecule has 116 valence electrons. The van der Waals surface area contributed by atoms with Gasteiger partial charge in [0.05, 0.1) is 6.04 Å². The van der Waals surface area contributed by atoms with Crippen molar-refractivity contribution in [1.82, 2.24) is 4.90 Å². The van der Waals surface area contributed by atoms with Crippen molar-refractivity contribution < 1.29 is 14.3 Å². The second-order valence-electron chi connectivity index (χ2n) is 6.36. The van der Waals surface area contributed by atoms with E-state index in [1.165, 1.54) is 0 Å². The average molecular weight is 299 g/mol. The molecular formula is C18H21NO3. The smallest absolute Gasteiger partial charge is 0.411 e. The summed E-state index contributed by atoms with van der Waals surface area (Å²) in [6, 6.07) is 9.16. The Hall–Kier alpha value is -2.10. The fourth-order valence-electron chi connectivity index (χ4n) is 3.01. The summed E-state index contributed by atoms with van der Waals surface area (Å²) < 4.78 is 5.36. The molecule has 1 heterocycles. The average Bonchev–Trinajstić information content (AvgIpc) is 3.12. The predicted octanol–water partition coefficient (Wildman–Crippen LogP) is 3.18. The molecule has 1 saturated heterocycles. The highest BCUT2D eigenvalue weighted by molar-refractivity contribution is 5.92. The molecule has 4 heteroatoms. The lowest BCUT2D eigenvalue weighted by atomic mass is 10.0. The molecule has 1 aromatic carbocycles. The van der Waals surface area contributed by atoms with Crippen LogP contribution in [-0.2, 0) is 16.1 Å². The lowest BCUT2D eigenvalue weighted by Gasteiger charge is -2.22. The normalized spacial score (nSPS) is 26.9. The monoisotopic (exact) mass is 299 g/mol. The van der Waals surface area contributed by atoms with Crippen LogP contribution in [0.2, 0.25) is 0 Å². The van der Waals surface area contributed by atoms with E-state index in [4.69, 9.17) is 4.74 Å². The Kier molecular flexibility index (Phi) is 4.01. The van der Waals surface area contributed by atoms with Crippen LogP contribution in [0, 0.1) is 11.8 Å². The molecule has 1 unspecified atom stereocenters. The Labute approximate surface area is 130 Å². The highest BCUT2D eigenvalue weighted by Gasteiger charge is 2.47.